The zero-order valence-corrected chi connectivity index (χ0v) is 17.2. The predicted molar refractivity (Wildman–Crippen MR) is 108 cm³/mol. The number of hydrogen-bond acceptors (Lipinski definition) is 7. The molecule has 32 heavy (non-hydrogen) atoms. The highest BCUT2D eigenvalue weighted by Crippen LogP contribution is 2.38. The Labute approximate surface area is 180 Å². The summed E-state index contributed by atoms with van der Waals surface area (Å²) in [6.07, 6.45) is -1.72. The van der Waals surface area contributed by atoms with E-state index in [-0.39, 0.29) is 17.5 Å². The summed E-state index contributed by atoms with van der Waals surface area (Å²) < 4.78 is 59.0. The molecule has 0 bridgehead atoms. The zero-order valence-electron chi connectivity index (χ0n) is 17.2. The largest absolute Gasteiger partial charge is 0.493 e. The fourth-order valence-electron chi connectivity index (χ4n) is 2.71. The van der Waals surface area contributed by atoms with E-state index in [1.54, 1.807) is 12.1 Å². The van der Waals surface area contributed by atoms with Gasteiger partial charge in [-0.25, -0.2) is 0 Å². The molecule has 0 fully saturated rings. The fraction of sp³-hybridized carbons (Fsp3) is 0.190. The maximum absolute atomic E-state index is 12.7. The third kappa shape index (κ3) is 5.17. The highest BCUT2D eigenvalue weighted by Gasteiger charge is 2.30. The summed E-state index contributed by atoms with van der Waals surface area (Å²) in [5.74, 6) is 0.650. The van der Waals surface area contributed by atoms with E-state index >= 15 is 0 Å². The van der Waals surface area contributed by atoms with Crippen LogP contribution in [0.5, 0.6) is 17.2 Å². The summed E-state index contributed by atoms with van der Waals surface area (Å²) in [6, 6.07) is 7.30. The van der Waals surface area contributed by atoms with Gasteiger partial charge < -0.3 is 18.6 Å². The molecule has 2 aromatic carbocycles. The second-order valence-electron chi connectivity index (χ2n) is 6.27. The number of rotatable bonds is 7. The number of carbonyl (C=O) groups excluding carboxylic acids is 1. The Kier molecular flexibility index (Phi) is 6.67. The zero-order chi connectivity index (χ0) is 23.3. The van der Waals surface area contributed by atoms with Crippen LogP contribution in [0.25, 0.3) is 17.5 Å². The normalized spacial score (nSPS) is 11.4. The number of nitrogens with zero attached hydrogens (tertiary/aromatic N) is 2. The van der Waals surface area contributed by atoms with E-state index < -0.39 is 17.6 Å². The molecule has 0 aliphatic rings. The minimum atomic E-state index is -4.45. The van der Waals surface area contributed by atoms with Crippen LogP contribution in [0.2, 0.25) is 0 Å². The van der Waals surface area contributed by atoms with Gasteiger partial charge in [0.25, 0.3) is 5.91 Å². The van der Waals surface area contributed by atoms with Crippen molar-refractivity contribution in [2.24, 2.45) is 0 Å². The number of amides is 1. The highest BCUT2D eigenvalue weighted by molar-refractivity contribution is 6.00. The van der Waals surface area contributed by atoms with Crippen molar-refractivity contribution in [1.29, 1.82) is 0 Å². The summed E-state index contributed by atoms with van der Waals surface area (Å²) in [5.41, 5.74) is 0.0795. The average molecular weight is 449 g/mol. The lowest BCUT2D eigenvalue weighted by Gasteiger charge is -2.12. The molecule has 0 unspecified atom stereocenters. The van der Waals surface area contributed by atoms with E-state index in [0.29, 0.717) is 22.8 Å². The van der Waals surface area contributed by atoms with Gasteiger partial charge in [-0.1, -0.05) is 5.10 Å². The lowest BCUT2D eigenvalue weighted by atomic mass is 10.1. The minimum Gasteiger partial charge on any atom is -0.493 e. The topological polar surface area (TPSA) is 95.7 Å². The Bertz CT molecular complexity index is 1100. The maximum atomic E-state index is 12.7. The third-order valence-corrected chi connectivity index (χ3v) is 4.23. The number of nitrogens with one attached hydrogen (secondary N) is 1. The first-order chi connectivity index (χ1) is 15.2. The number of hydrogen-bond donors (Lipinski definition) is 1. The van der Waals surface area contributed by atoms with E-state index in [1.807, 2.05) is 0 Å². The molecule has 0 aliphatic heterocycles. The number of anilines is 1. The molecule has 1 aromatic heterocycles. The molecular formula is C21H18F3N3O5. The Morgan fingerprint density at radius 1 is 1.00 bits per heavy atom. The van der Waals surface area contributed by atoms with Crippen LogP contribution in [-0.4, -0.2) is 37.4 Å². The van der Waals surface area contributed by atoms with Crippen molar-refractivity contribution in [1.82, 2.24) is 10.2 Å². The molecule has 0 saturated carbocycles. The summed E-state index contributed by atoms with van der Waals surface area (Å²) in [6.45, 7) is 0. The number of benzene rings is 2. The molecule has 3 aromatic rings. The third-order valence-electron chi connectivity index (χ3n) is 4.23. The maximum Gasteiger partial charge on any atom is 0.416 e. The van der Waals surface area contributed by atoms with Gasteiger partial charge in [0, 0.05) is 11.6 Å². The van der Waals surface area contributed by atoms with E-state index in [9.17, 15) is 18.0 Å². The molecular weight excluding hydrogens is 431 g/mol. The van der Waals surface area contributed by atoms with Crippen molar-refractivity contribution in [2.75, 3.05) is 26.6 Å². The monoisotopic (exact) mass is 449 g/mol. The van der Waals surface area contributed by atoms with Crippen LogP contribution in [0.15, 0.2) is 46.9 Å². The van der Waals surface area contributed by atoms with Crippen molar-refractivity contribution in [3.05, 3.63) is 53.6 Å². The van der Waals surface area contributed by atoms with Crippen LogP contribution in [-0.2, 0) is 11.0 Å². The van der Waals surface area contributed by atoms with Gasteiger partial charge in [0.1, 0.15) is 0 Å². The first kappa shape index (κ1) is 22.7. The molecule has 0 spiro atoms. The van der Waals surface area contributed by atoms with Gasteiger partial charge in [0.2, 0.25) is 11.6 Å². The molecule has 0 radical (unpaired) electrons. The number of ether oxygens (including phenoxy) is 3. The molecule has 1 N–H and O–H groups in total. The Balaban J connectivity index is 1.70. The van der Waals surface area contributed by atoms with Crippen LogP contribution < -0.4 is 19.5 Å². The van der Waals surface area contributed by atoms with E-state index in [4.69, 9.17) is 18.6 Å². The van der Waals surface area contributed by atoms with Crippen molar-refractivity contribution in [2.45, 2.75) is 6.18 Å². The number of carbonyl (C=O) groups is 1. The van der Waals surface area contributed by atoms with E-state index in [2.05, 4.69) is 15.5 Å². The molecule has 1 heterocycles. The molecule has 8 nitrogen and oxygen atoms in total. The number of alkyl halides is 3. The first-order valence-corrected chi connectivity index (χ1v) is 9.05. The van der Waals surface area contributed by atoms with Crippen molar-refractivity contribution in [3.63, 3.8) is 0 Å². The molecule has 1 amide bonds. The van der Waals surface area contributed by atoms with Gasteiger partial charge >= 0.3 is 12.2 Å². The van der Waals surface area contributed by atoms with Gasteiger partial charge in [0.05, 0.1) is 26.9 Å². The number of aromatic nitrogens is 2. The summed E-state index contributed by atoms with van der Waals surface area (Å²) in [7, 11) is 4.43. The first-order valence-electron chi connectivity index (χ1n) is 9.05. The van der Waals surface area contributed by atoms with Crippen LogP contribution in [0.3, 0.4) is 0 Å². The average Bonchev–Trinajstić information content (AvgIpc) is 3.24. The van der Waals surface area contributed by atoms with Crippen molar-refractivity contribution >= 4 is 18.0 Å². The molecule has 0 aliphatic carbocycles. The summed E-state index contributed by atoms with van der Waals surface area (Å²) >= 11 is 0. The molecule has 0 saturated heterocycles. The SMILES string of the molecule is COc1cc(C=CC(=O)Nc2nnc(-c3ccc(C(F)(F)F)cc3)o2)cc(OC)c1OC. The molecule has 0 atom stereocenters. The highest BCUT2D eigenvalue weighted by atomic mass is 19.4. The molecule has 3 rings (SSSR count). The number of halogens is 3. The van der Waals surface area contributed by atoms with E-state index in [0.717, 1.165) is 12.1 Å². The van der Waals surface area contributed by atoms with Crippen LogP contribution in [0, 0.1) is 0 Å². The minimum absolute atomic E-state index is 0.0392. The second-order valence-corrected chi connectivity index (χ2v) is 6.27. The van der Waals surface area contributed by atoms with E-state index in [1.165, 1.54) is 45.6 Å². The fourth-order valence-corrected chi connectivity index (χ4v) is 2.71. The lowest BCUT2D eigenvalue weighted by Crippen LogP contribution is -2.07. The van der Waals surface area contributed by atoms with Gasteiger partial charge in [0.15, 0.2) is 11.5 Å². The van der Waals surface area contributed by atoms with Gasteiger partial charge in [-0.3, -0.25) is 10.1 Å². The van der Waals surface area contributed by atoms with Gasteiger partial charge in [-0.15, -0.1) is 5.10 Å². The lowest BCUT2D eigenvalue weighted by molar-refractivity contribution is -0.137. The van der Waals surface area contributed by atoms with Gasteiger partial charge in [-0.2, -0.15) is 13.2 Å². The van der Waals surface area contributed by atoms with Crippen LogP contribution in [0.1, 0.15) is 11.1 Å². The quantitative estimate of drug-likeness (QED) is 0.533. The van der Waals surface area contributed by atoms with Crippen LogP contribution in [0.4, 0.5) is 19.2 Å². The molecule has 168 valence electrons. The Hall–Kier alpha value is -4.02. The number of methoxy groups -OCH3 is 3. The summed E-state index contributed by atoms with van der Waals surface area (Å²) in [4.78, 5) is 12.2. The second kappa shape index (κ2) is 9.41. The van der Waals surface area contributed by atoms with Crippen LogP contribution >= 0.6 is 0 Å². The van der Waals surface area contributed by atoms with Crippen molar-refractivity contribution < 1.29 is 36.6 Å². The Morgan fingerprint density at radius 2 is 1.62 bits per heavy atom. The van der Waals surface area contributed by atoms with Gasteiger partial charge in [-0.05, 0) is 48.0 Å². The Morgan fingerprint density at radius 3 is 2.16 bits per heavy atom. The molecule has 11 heteroatoms. The predicted octanol–water partition coefficient (Wildman–Crippen LogP) is 4.43. The standard InChI is InChI=1S/C21H18F3N3O5/c1-29-15-10-12(11-16(30-2)18(15)31-3)4-9-17(28)25-20-27-26-19(32-20)13-5-7-14(8-6-13)21(22,23)24/h4-11H,1-3H3,(H,25,27,28). The summed E-state index contributed by atoms with van der Waals surface area (Å²) in [5, 5.41) is 9.79. The van der Waals surface area contributed by atoms with Crippen molar-refractivity contribution in [3.8, 4) is 28.7 Å². The smallest absolute Gasteiger partial charge is 0.416 e.